The van der Waals surface area contributed by atoms with Gasteiger partial charge in [0, 0.05) is 0 Å². The molecule has 0 saturated carbocycles. The Hall–Kier alpha value is -1.93. The molecule has 0 aliphatic rings. The lowest BCUT2D eigenvalue weighted by Gasteiger charge is -2.08. The van der Waals surface area contributed by atoms with E-state index in [1.165, 1.54) is 12.4 Å². The molecule has 0 spiro atoms. The number of anilines is 1. The van der Waals surface area contributed by atoms with Crippen molar-refractivity contribution in [3.63, 3.8) is 0 Å². The van der Waals surface area contributed by atoms with Crippen LogP contribution in [-0.4, -0.2) is 25.0 Å². The van der Waals surface area contributed by atoms with Crippen LogP contribution in [0.4, 0.5) is 10.1 Å². The van der Waals surface area contributed by atoms with Gasteiger partial charge in [-0.1, -0.05) is 11.6 Å². The molecule has 1 aromatic heterocycles. The fourth-order valence-corrected chi connectivity index (χ4v) is 2.73. The van der Waals surface area contributed by atoms with E-state index < -0.39 is 15.8 Å². The van der Waals surface area contributed by atoms with E-state index in [1.807, 2.05) is 0 Å². The number of halogens is 2. The van der Waals surface area contributed by atoms with Gasteiger partial charge < -0.3 is 4.74 Å². The molecule has 2 rings (SSSR count). The molecule has 112 valence electrons. The average molecular weight is 332 g/mol. The van der Waals surface area contributed by atoms with Crippen LogP contribution >= 0.6 is 11.6 Å². The predicted molar refractivity (Wildman–Crippen MR) is 75.4 cm³/mol. The zero-order valence-electron chi connectivity index (χ0n) is 10.9. The second kappa shape index (κ2) is 6.23. The molecule has 21 heavy (non-hydrogen) atoms. The summed E-state index contributed by atoms with van der Waals surface area (Å²) >= 11 is 5.57. The van der Waals surface area contributed by atoms with Gasteiger partial charge in [-0.25, -0.2) is 22.8 Å². The van der Waals surface area contributed by atoms with E-state index in [0.717, 1.165) is 18.2 Å². The fraction of sp³-hybridized carbons (Fsp3) is 0.167. The van der Waals surface area contributed by atoms with Crippen LogP contribution in [0.15, 0.2) is 35.5 Å². The van der Waals surface area contributed by atoms with E-state index in [9.17, 15) is 12.8 Å². The Labute approximate surface area is 126 Å². The molecule has 6 nitrogen and oxygen atoms in total. The van der Waals surface area contributed by atoms with Gasteiger partial charge in [0.25, 0.3) is 10.0 Å². The summed E-state index contributed by atoms with van der Waals surface area (Å²) in [6.07, 6.45) is 2.53. The zero-order chi connectivity index (χ0) is 15.5. The van der Waals surface area contributed by atoms with Gasteiger partial charge in [0.05, 0.1) is 34.6 Å². The minimum absolute atomic E-state index is 0.144. The maximum atomic E-state index is 13.0. The van der Waals surface area contributed by atoms with Crippen molar-refractivity contribution >= 4 is 27.3 Å². The molecule has 0 unspecified atom stereocenters. The second-order valence-corrected chi connectivity index (χ2v) is 5.96. The number of nitrogens with zero attached hydrogens (tertiary/aromatic N) is 2. The first kappa shape index (κ1) is 15.5. The van der Waals surface area contributed by atoms with Gasteiger partial charge in [0.15, 0.2) is 0 Å². The van der Waals surface area contributed by atoms with Crippen LogP contribution in [0, 0.1) is 5.82 Å². The second-order valence-electron chi connectivity index (χ2n) is 3.87. The maximum absolute atomic E-state index is 13.0. The quantitative estimate of drug-likeness (QED) is 0.910. The number of sulfonamides is 1. The van der Waals surface area contributed by atoms with Crippen LogP contribution in [0.2, 0.25) is 5.02 Å². The highest BCUT2D eigenvalue weighted by Gasteiger charge is 2.16. The highest BCUT2D eigenvalue weighted by molar-refractivity contribution is 7.92. The van der Waals surface area contributed by atoms with Gasteiger partial charge in [-0.05, 0) is 25.1 Å². The summed E-state index contributed by atoms with van der Waals surface area (Å²) in [5.74, 6) is -0.694. The minimum Gasteiger partial charge on any atom is -0.464 e. The predicted octanol–water partition coefficient (Wildman–Crippen LogP) is 2.47. The van der Waals surface area contributed by atoms with Crippen LogP contribution in [0.25, 0.3) is 0 Å². The Morgan fingerprint density at radius 1 is 1.33 bits per heavy atom. The van der Waals surface area contributed by atoms with Crippen LogP contribution in [-0.2, 0) is 10.0 Å². The SMILES string of the molecule is CCOc1ncc(NS(=O)(=O)c2ccc(F)c(Cl)c2)cn1. The first-order chi connectivity index (χ1) is 9.92. The third-order valence-corrected chi connectivity index (χ3v) is 4.02. The smallest absolute Gasteiger partial charge is 0.316 e. The molecule has 0 aliphatic carbocycles. The third-order valence-electron chi connectivity index (χ3n) is 2.36. The molecule has 1 aromatic carbocycles. The molecule has 0 radical (unpaired) electrons. The van der Waals surface area contributed by atoms with Gasteiger partial charge in [-0.15, -0.1) is 0 Å². The van der Waals surface area contributed by atoms with Crippen molar-refractivity contribution < 1.29 is 17.5 Å². The molecule has 0 amide bonds. The average Bonchev–Trinajstić information content (AvgIpc) is 2.44. The Morgan fingerprint density at radius 2 is 2.00 bits per heavy atom. The molecule has 1 N–H and O–H groups in total. The first-order valence-corrected chi connectivity index (χ1v) is 7.71. The van der Waals surface area contributed by atoms with Crippen molar-refractivity contribution in [2.45, 2.75) is 11.8 Å². The molecule has 1 heterocycles. The maximum Gasteiger partial charge on any atom is 0.316 e. The number of hydrogen-bond donors (Lipinski definition) is 1. The van der Waals surface area contributed by atoms with Crippen LogP contribution in [0.3, 0.4) is 0 Å². The number of rotatable bonds is 5. The molecule has 0 aliphatic heterocycles. The highest BCUT2D eigenvalue weighted by Crippen LogP contribution is 2.21. The minimum atomic E-state index is -3.90. The summed E-state index contributed by atoms with van der Waals surface area (Å²) in [6.45, 7) is 2.18. The van der Waals surface area contributed by atoms with E-state index in [0.29, 0.717) is 6.61 Å². The van der Waals surface area contributed by atoms with Crippen molar-refractivity contribution in [1.82, 2.24) is 9.97 Å². The van der Waals surface area contributed by atoms with E-state index in [2.05, 4.69) is 14.7 Å². The summed E-state index contributed by atoms with van der Waals surface area (Å²) in [5.41, 5.74) is 0.152. The van der Waals surface area contributed by atoms with Crippen LogP contribution in [0.1, 0.15) is 6.92 Å². The molecule has 2 aromatic rings. The first-order valence-electron chi connectivity index (χ1n) is 5.85. The third kappa shape index (κ3) is 3.79. The lowest BCUT2D eigenvalue weighted by molar-refractivity contribution is 0.312. The van der Waals surface area contributed by atoms with Gasteiger partial charge in [0.2, 0.25) is 0 Å². The monoisotopic (exact) mass is 331 g/mol. The standard InChI is InChI=1S/C12H11ClFN3O3S/c1-2-20-12-15-6-8(7-16-12)17-21(18,19)9-3-4-11(14)10(13)5-9/h3-7,17H,2H2,1H3. The van der Waals surface area contributed by atoms with Gasteiger partial charge >= 0.3 is 6.01 Å². The summed E-state index contributed by atoms with van der Waals surface area (Å²) in [4.78, 5) is 7.50. The van der Waals surface area contributed by atoms with E-state index in [4.69, 9.17) is 16.3 Å². The Bertz CT molecular complexity index is 738. The number of ether oxygens (including phenoxy) is 1. The van der Waals surface area contributed by atoms with Crippen molar-refractivity contribution in [1.29, 1.82) is 0 Å². The van der Waals surface area contributed by atoms with E-state index in [-0.39, 0.29) is 21.6 Å². The molecule has 0 fully saturated rings. The summed E-state index contributed by atoms with van der Waals surface area (Å²) < 4.78 is 44.6. The summed E-state index contributed by atoms with van der Waals surface area (Å²) in [5, 5.41) is -0.277. The van der Waals surface area contributed by atoms with E-state index >= 15 is 0 Å². The van der Waals surface area contributed by atoms with Crippen molar-refractivity contribution in [3.05, 3.63) is 41.4 Å². The molecule has 9 heteroatoms. The molecular weight excluding hydrogens is 321 g/mol. The van der Waals surface area contributed by atoms with Crippen LogP contribution < -0.4 is 9.46 Å². The summed E-state index contributed by atoms with van der Waals surface area (Å²) in [6, 6.07) is 3.25. The molecule has 0 bridgehead atoms. The number of nitrogens with one attached hydrogen (secondary N) is 1. The van der Waals surface area contributed by atoms with Crippen molar-refractivity contribution in [2.24, 2.45) is 0 Å². The molecule has 0 saturated heterocycles. The Balaban J connectivity index is 2.22. The Kier molecular flexibility index (Phi) is 4.59. The normalized spacial score (nSPS) is 11.2. The molecule has 0 atom stereocenters. The summed E-state index contributed by atoms with van der Waals surface area (Å²) in [7, 11) is -3.90. The Morgan fingerprint density at radius 3 is 2.57 bits per heavy atom. The zero-order valence-corrected chi connectivity index (χ0v) is 12.4. The number of hydrogen-bond acceptors (Lipinski definition) is 5. The lowest BCUT2D eigenvalue weighted by atomic mass is 10.3. The topological polar surface area (TPSA) is 81.2 Å². The van der Waals surface area contributed by atoms with Gasteiger partial charge in [-0.2, -0.15) is 0 Å². The molecular formula is C12H11ClFN3O3S. The largest absolute Gasteiger partial charge is 0.464 e. The van der Waals surface area contributed by atoms with Crippen LogP contribution in [0.5, 0.6) is 6.01 Å². The van der Waals surface area contributed by atoms with E-state index in [1.54, 1.807) is 6.92 Å². The van der Waals surface area contributed by atoms with Crippen molar-refractivity contribution in [2.75, 3.05) is 11.3 Å². The number of benzene rings is 1. The van der Waals surface area contributed by atoms with Crippen molar-refractivity contribution in [3.8, 4) is 6.01 Å². The fourth-order valence-electron chi connectivity index (χ4n) is 1.43. The highest BCUT2D eigenvalue weighted by atomic mass is 35.5. The van der Waals surface area contributed by atoms with Gasteiger partial charge in [0.1, 0.15) is 5.82 Å². The van der Waals surface area contributed by atoms with Gasteiger partial charge in [-0.3, -0.25) is 4.72 Å². The number of aromatic nitrogens is 2. The lowest BCUT2D eigenvalue weighted by Crippen LogP contribution is -2.13.